The highest BCUT2D eigenvalue weighted by Crippen LogP contribution is 2.31. The van der Waals surface area contributed by atoms with Gasteiger partial charge >= 0.3 is 0 Å². The highest BCUT2D eigenvalue weighted by atomic mass is 35.5. The van der Waals surface area contributed by atoms with Gasteiger partial charge in [-0.2, -0.15) is 0 Å². The van der Waals surface area contributed by atoms with Gasteiger partial charge in [-0.05, 0) is 49.4 Å². The molecule has 27 heavy (non-hydrogen) atoms. The summed E-state index contributed by atoms with van der Waals surface area (Å²) in [6.07, 6.45) is 0. The van der Waals surface area contributed by atoms with Gasteiger partial charge in [-0.15, -0.1) is 10.2 Å². The van der Waals surface area contributed by atoms with Crippen molar-refractivity contribution < 1.29 is 14.0 Å². The third kappa shape index (κ3) is 5.09. The Bertz CT molecular complexity index is 990. The van der Waals surface area contributed by atoms with Crippen LogP contribution in [-0.2, 0) is 4.79 Å². The van der Waals surface area contributed by atoms with Crippen molar-refractivity contribution in [3.63, 3.8) is 0 Å². The van der Waals surface area contributed by atoms with Gasteiger partial charge in [-0.25, -0.2) is 0 Å². The largest absolute Gasteiger partial charge is 0.411 e. The maximum atomic E-state index is 12.0. The number of anilines is 1. The number of amides is 1. The van der Waals surface area contributed by atoms with E-state index in [0.717, 1.165) is 11.8 Å². The van der Waals surface area contributed by atoms with Crippen molar-refractivity contribution in [2.24, 2.45) is 0 Å². The van der Waals surface area contributed by atoms with Crippen LogP contribution in [-0.4, -0.2) is 27.6 Å². The lowest BCUT2D eigenvalue weighted by Crippen LogP contribution is -2.14. The summed E-state index contributed by atoms with van der Waals surface area (Å²) in [5.74, 6) is 0.0698. The van der Waals surface area contributed by atoms with Gasteiger partial charge in [-0.1, -0.05) is 35.0 Å². The number of aromatic nitrogens is 2. The third-order valence-corrected chi connectivity index (χ3v) is 4.84. The zero-order chi connectivity index (χ0) is 19.4. The molecule has 0 radical (unpaired) electrons. The van der Waals surface area contributed by atoms with Gasteiger partial charge < -0.3 is 9.73 Å². The summed E-state index contributed by atoms with van der Waals surface area (Å²) in [7, 11) is 0. The fourth-order valence-corrected chi connectivity index (χ4v) is 3.20. The smallest absolute Gasteiger partial charge is 0.277 e. The summed E-state index contributed by atoms with van der Waals surface area (Å²) >= 11 is 13.1. The molecule has 0 saturated carbocycles. The van der Waals surface area contributed by atoms with E-state index in [9.17, 15) is 9.59 Å². The summed E-state index contributed by atoms with van der Waals surface area (Å²) in [4.78, 5) is 23.3. The number of benzene rings is 2. The van der Waals surface area contributed by atoms with Crippen LogP contribution < -0.4 is 5.32 Å². The second kappa shape index (κ2) is 8.56. The number of carbonyl (C=O) groups excluding carboxylic acids is 2. The number of nitrogens with zero attached hydrogens (tertiary/aromatic N) is 2. The van der Waals surface area contributed by atoms with E-state index in [2.05, 4.69) is 15.5 Å². The summed E-state index contributed by atoms with van der Waals surface area (Å²) in [6.45, 7) is 1.49. The van der Waals surface area contributed by atoms with Crippen LogP contribution in [0.1, 0.15) is 17.3 Å². The molecule has 2 aromatic carbocycles. The van der Waals surface area contributed by atoms with Gasteiger partial charge in [0, 0.05) is 16.3 Å². The van der Waals surface area contributed by atoms with E-state index in [1.54, 1.807) is 42.5 Å². The van der Waals surface area contributed by atoms with Gasteiger partial charge in [0.15, 0.2) is 5.78 Å². The lowest BCUT2D eigenvalue weighted by Gasteiger charge is -2.04. The van der Waals surface area contributed by atoms with Crippen LogP contribution in [0.4, 0.5) is 5.69 Å². The maximum absolute atomic E-state index is 12.0. The molecule has 6 nitrogen and oxygen atoms in total. The molecule has 3 rings (SSSR count). The van der Waals surface area contributed by atoms with Gasteiger partial charge in [-0.3, -0.25) is 9.59 Å². The lowest BCUT2D eigenvalue weighted by atomic mass is 10.1. The number of nitrogens with one attached hydrogen (secondary N) is 1. The number of hydrogen-bond acceptors (Lipinski definition) is 6. The van der Waals surface area contributed by atoms with E-state index >= 15 is 0 Å². The first-order valence-electron chi connectivity index (χ1n) is 7.75. The fraction of sp³-hybridized carbons (Fsp3) is 0.111. The highest BCUT2D eigenvalue weighted by molar-refractivity contribution is 7.99. The van der Waals surface area contributed by atoms with Crippen LogP contribution in [0.3, 0.4) is 0 Å². The molecule has 0 aliphatic rings. The van der Waals surface area contributed by atoms with Crippen molar-refractivity contribution in [1.29, 1.82) is 0 Å². The quantitative estimate of drug-likeness (QED) is 0.446. The molecule has 1 heterocycles. The van der Waals surface area contributed by atoms with Crippen LogP contribution in [0.2, 0.25) is 10.0 Å². The van der Waals surface area contributed by atoms with Crippen LogP contribution >= 0.6 is 35.0 Å². The second-order valence-electron chi connectivity index (χ2n) is 5.47. The van der Waals surface area contributed by atoms with Crippen LogP contribution in [0.5, 0.6) is 0 Å². The molecular weight excluding hydrogens is 409 g/mol. The standard InChI is InChI=1S/C18H13Cl2N3O3S/c1-10(24)11-2-5-13(6-3-11)21-16(25)9-27-18-23-22-17(26-18)14-7-4-12(19)8-15(14)20/h2-8H,9H2,1H3,(H,21,25). The average Bonchev–Trinajstić information content (AvgIpc) is 3.09. The Morgan fingerprint density at radius 1 is 1.11 bits per heavy atom. The summed E-state index contributed by atoms with van der Waals surface area (Å²) < 4.78 is 5.53. The highest BCUT2D eigenvalue weighted by Gasteiger charge is 2.14. The molecule has 3 aromatic rings. The van der Waals surface area contributed by atoms with Crippen LogP contribution in [0.25, 0.3) is 11.5 Å². The van der Waals surface area contributed by atoms with Crippen molar-refractivity contribution in [3.05, 3.63) is 58.1 Å². The predicted octanol–water partition coefficient (Wildman–Crippen LogP) is 4.98. The Balaban J connectivity index is 1.58. The normalized spacial score (nSPS) is 10.6. The van der Waals surface area contributed by atoms with Crippen LogP contribution in [0.15, 0.2) is 52.1 Å². The number of Topliss-reactive ketones (excluding diaryl/α,β-unsaturated/α-hetero) is 1. The van der Waals surface area contributed by atoms with E-state index in [-0.39, 0.29) is 28.6 Å². The molecule has 0 aliphatic carbocycles. The first-order chi connectivity index (χ1) is 12.9. The average molecular weight is 422 g/mol. The van der Waals surface area contributed by atoms with Crippen molar-refractivity contribution in [1.82, 2.24) is 10.2 Å². The van der Waals surface area contributed by atoms with E-state index in [4.69, 9.17) is 27.6 Å². The minimum Gasteiger partial charge on any atom is -0.411 e. The SMILES string of the molecule is CC(=O)c1ccc(NC(=O)CSc2nnc(-c3ccc(Cl)cc3Cl)o2)cc1. The molecule has 0 atom stereocenters. The van der Waals surface area contributed by atoms with Gasteiger partial charge in [0.1, 0.15) is 0 Å². The molecule has 1 aromatic heterocycles. The fourth-order valence-electron chi connectivity index (χ4n) is 2.15. The van der Waals surface area contributed by atoms with E-state index in [1.165, 1.54) is 6.92 Å². The molecule has 0 fully saturated rings. The Labute approximate surface area is 169 Å². The molecule has 9 heteroatoms. The Morgan fingerprint density at radius 2 is 1.85 bits per heavy atom. The van der Waals surface area contributed by atoms with Crippen molar-refractivity contribution in [2.75, 3.05) is 11.1 Å². The first kappa shape index (κ1) is 19.4. The molecule has 138 valence electrons. The number of ketones is 1. The molecule has 0 aliphatic heterocycles. The number of halogens is 2. The summed E-state index contributed by atoms with van der Waals surface area (Å²) in [5.41, 5.74) is 1.75. The van der Waals surface area contributed by atoms with Crippen LogP contribution in [0, 0.1) is 0 Å². The van der Waals surface area contributed by atoms with Gasteiger partial charge in [0.2, 0.25) is 11.8 Å². The van der Waals surface area contributed by atoms with E-state index in [1.807, 2.05) is 0 Å². The van der Waals surface area contributed by atoms with E-state index in [0.29, 0.717) is 26.9 Å². The third-order valence-electron chi connectivity index (χ3n) is 3.47. The molecule has 0 bridgehead atoms. The number of thioether (sulfide) groups is 1. The molecule has 0 spiro atoms. The minimum atomic E-state index is -0.236. The molecular formula is C18H13Cl2N3O3S. The zero-order valence-corrected chi connectivity index (χ0v) is 16.4. The second-order valence-corrected chi connectivity index (χ2v) is 7.24. The molecule has 0 unspecified atom stereocenters. The zero-order valence-electron chi connectivity index (χ0n) is 14.0. The lowest BCUT2D eigenvalue weighted by molar-refractivity contribution is -0.113. The molecule has 1 amide bonds. The minimum absolute atomic E-state index is 0.0311. The summed E-state index contributed by atoms with van der Waals surface area (Å²) in [6, 6.07) is 11.6. The Hall–Kier alpha value is -2.35. The maximum Gasteiger partial charge on any atom is 0.277 e. The Morgan fingerprint density at radius 3 is 2.52 bits per heavy atom. The predicted molar refractivity (Wildman–Crippen MR) is 106 cm³/mol. The topological polar surface area (TPSA) is 85.1 Å². The van der Waals surface area contributed by atoms with Crippen molar-refractivity contribution in [3.8, 4) is 11.5 Å². The Kier molecular flexibility index (Phi) is 6.15. The molecule has 1 N–H and O–H groups in total. The van der Waals surface area contributed by atoms with E-state index < -0.39 is 0 Å². The van der Waals surface area contributed by atoms with Gasteiger partial charge in [0.25, 0.3) is 5.22 Å². The number of hydrogen-bond donors (Lipinski definition) is 1. The number of rotatable bonds is 6. The number of carbonyl (C=O) groups is 2. The van der Waals surface area contributed by atoms with Crippen molar-refractivity contribution >= 4 is 52.3 Å². The first-order valence-corrected chi connectivity index (χ1v) is 9.49. The van der Waals surface area contributed by atoms with Crippen molar-refractivity contribution in [2.45, 2.75) is 12.1 Å². The summed E-state index contributed by atoms with van der Waals surface area (Å²) in [5, 5.41) is 11.7. The van der Waals surface area contributed by atoms with Gasteiger partial charge in [0.05, 0.1) is 16.3 Å². The molecule has 0 saturated heterocycles. The monoisotopic (exact) mass is 421 g/mol.